The minimum absolute atomic E-state index is 0.202. The van der Waals surface area contributed by atoms with Crippen molar-refractivity contribution >= 4 is 5.91 Å². The number of hydrogen-bond acceptors (Lipinski definition) is 1. The number of hydrogen-bond donors (Lipinski definition) is 0. The zero-order valence-electron chi connectivity index (χ0n) is 16.7. The van der Waals surface area contributed by atoms with Gasteiger partial charge in [-0.1, -0.05) is 44.2 Å². The molecule has 2 fully saturated rings. The van der Waals surface area contributed by atoms with Crippen LogP contribution in [0.1, 0.15) is 69.0 Å². The quantitative estimate of drug-likeness (QED) is 0.645. The number of carbonyl (C=O) groups is 1. The first-order valence-electron chi connectivity index (χ1n) is 10.9. The summed E-state index contributed by atoms with van der Waals surface area (Å²) < 4.78 is 15.7. The predicted molar refractivity (Wildman–Crippen MR) is 109 cm³/mol. The molecule has 4 rings (SSSR count). The van der Waals surface area contributed by atoms with Gasteiger partial charge in [-0.05, 0) is 55.5 Å². The van der Waals surface area contributed by atoms with Crippen LogP contribution in [-0.4, -0.2) is 21.4 Å². The van der Waals surface area contributed by atoms with Gasteiger partial charge in [-0.3, -0.25) is 4.79 Å². The van der Waals surface area contributed by atoms with E-state index in [4.69, 9.17) is 0 Å². The molecule has 0 radical (unpaired) electrons. The Kier molecular flexibility index (Phi) is 6.13. The van der Waals surface area contributed by atoms with Crippen LogP contribution in [0.3, 0.4) is 0 Å². The maximum absolute atomic E-state index is 13.6. The summed E-state index contributed by atoms with van der Waals surface area (Å²) in [5.74, 6) is 0.378. The lowest BCUT2D eigenvalue weighted by Crippen LogP contribution is -2.44. The molecule has 1 heterocycles. The molecule has 2 saturated carbocycles. The van der Waals surface area contributed by atoms with Crippen molar-refractivity contribution in [1.82, 2.24) is 9.47 Å². The first-order chi connectivity index (χ1) is 13.7. The number of carbonyl (C=O) groups excluding carboxylic acids is 1. The molecule has 0 saturated heterocycles. The van der Waals surface area contributed by atoms with Gasteiger partial charge in [0.2, 0.25) is 5.91 Å². The second-order valence-corrected chi connectivity index (χ2v) is 8.50. The smallest absolute Gasteiger partial charge is 0.226 e. The van der Waals surface area contributed by atoms with Crippen LogP contribution in [-0.2, 0) is 17.9 Å². The van der Waals surface area contributed by atoms with E-state index < -0.39 is 0 Å². The third kappa shape index (κ3) is 4.48. The summed E-state index contributed by atoms with van der Waals surface area (Å²) in [5.41, 5.74) is 2.09. The first-order valence-corrected chi connectivity index (χ1v) is 10.9. The van der Waals surface area contributed by atoms with Crippen LogP contribution in [0.15, 0.2) is 42.6 Å². The Bertz CT molecular complexity index is 787. The fourth-order valence-electron chi connectivity index (χ4n) is 4.94. The standard InChI is InChI=1S/C24H31FN2O/c25-21-11-6-8-19(16-21)17-26-15-7-14-23(26)18-27(22-12-2-1-3-13-22)24(28)20-9-4-5-10-20/h6-8,11,14-16,20,22H,1-5,9-10,12-13,17-18H2. The minimum Gasteiger partial charge on any atom is -0.345 e. The Balaban J connectivity index is 1.53. The summed E-state index contributed by atoms with van der Waals surface area (Å²) in [7, 11) is 0. The van der Waals surface area contributed by atoms with Crippen molar-refractivity contribution in [3.05, 3.63) is 59.7 Å². The van der Waals surface area contributed by atoms with Gasteiger partial charge in [0.15, 0.2) is 0 Å². The fourth-order valence-corrected chi connectivity index (χ4v) is 4.94. The van der Waals surface area contributed by atoms with Crippen LogP contribution in [0.4, 0.5) is 4.39 Å². The van der Waals surface area contributed by atoms with Crippen LogP contribution in [0.25, 0.3) is 0 Å². The van der Waals surface area contributed by atoms with E-state index in [2.05, 4.69) is 15.5 Å². The van der Waals surface area contributed by atoms with Gasteiger partial charge in [-0.2, -0.15) is 0 Å². The molecule has 3 nitrogen and oxygen atoms in total. The molecule has 2 aliphatic carbocycles. The van der Waals surface area contributed by atoms with Crippen molar-refractivity contribution in [2.45, 2.75) is 76.9 Å². The van der Waals surface area contributed by atoms with Crippen molar-refractivity contribution in [2.24, 2.45) is 5.92 Å². The Morgan fingerprint density at radius 1 is 1.00 bits per heavy atom. The van der Waals surface area contributed by atoms with Gasteiger partial charge >= 0.3 is 0 Å². The van der Waals surface area contributed by atoms with Crippen LogP contribution < -0.4 is 0 Å². The third-order valence-electron chi connectivity index (χ3n) is 6.50. The highest BCUT2D eigenvalue weighted by Gasteiger charge is 2.32. The molecule has 28 heavy (non-hydrogen) atoms. The molecule has 1 aromatic heterocycles. The van der Waals surface area contributed by atoms with Crippen LogP contribution in [0, 0.1) is 11.7 Å². The number of nitrogens with zero attached hydrogens (tertiary/aromatic N) is 2. The van der Waals surface area contributed by atoms with Gasteiger partial charge in [-0.15, -0.1) is 0 Å². The van der Waals surface area contributed by atoms with Crippen molar-refractivity contribution in [1.29, 1.82) is 0 Å². The normalized spacial score (nSPS) is 18.5. The second kappa shape index (κ2) is 8.93. The van der Waals surface area contributed by atoms with E-state index in [1.165, 1.54) is 38.2 Å². The molecule has 0 atom stereocenters. The summed E-state index contributed by atoms with van der Waals surface area (Å²) >= 11 is 0. The van der Waals surface area contributed by atoms with E-state index in [-0.39, 0.29) is 11.7 Å². The second-order valence-electron chi connectivity index (χ2n) is 8.50. The summed E-state index contributed by atoms with van der Waals surface area (Å²) in [5, 5.41) is 0. The van der Waals surface area contributed by atoms with Gasteiger partial charge in [0.1, 0.15) is 5.82 Å². The lowest BCUT2D eigenvalue weighted by atomic mass is 9.92. The lowest BCUT2D eigenvalue weighted by molar-refractivity contribution is -0.139. The fraction of sp³-hybridized carbons (Fsp3) is 0.542. The maximum atomic E-state index is 13.6. The lowest BCUT2D eigenvalue weighted by Gasteiger charge is -2.36. The number of rotatable bonds is 6. The highest BCUT2D eigenvalue weighted by molar-refractivity contribution is 5.79. The summed E-state index contributed by atoms with van der Waals surface area (Å²) in [6.07, 6.45) is 12.5. The van der Waals surface area contributed by atoms with Gasteiger partial charge in [0.05, 0.1) is 6.54 Å². The molecule has 2 aromatic rings. The number of halogens is 1. The predicted octanol–water partition coefficient (Wildman–Crippen LogP) is 5.53. The zero-order valence-corrected chi connectivity index (χ0v) is 16.7. The molecule has 2 aliphatic rings. The maximum Gasteiger partial charge on any atom is 0.226 e. The Morgan fingerprint density at radius 3 is 2.50 bits per heavy atom. The molecule has 0 N–H and O–H groups in total. The molecule has 0 unspecified atom stereocenters. The van der Waals surface area contributed by atoms with Crippen LogP contribution >= 0.6 is 0 Å². The number of aromatic nitrogens is 1. The van der Waals surface area contributed by atoms with Crippen LogP contribution in [0.2, 0.25) is 0 Å². The van der Waals surface area contributed by atoms with E-state index in [0.29, 0.717) is 25.0 Å². The largest absolute Gasteiger partial charge is 0.345 e. The van der Waals surface area contributed by atoms with Gasteiger partial charge in [0.25, 0.3) is 0 Å². The molecule has 150 valence electrons. The number of benzene rings is 1. The Labute approximate surface area is 167 Å². The molecule has 0 aliphatic heterocycles. The van der Waals surface area contributed by atoms with Crippen molar-refractivity contribution in [2.75, 3.05) is 0 Å². The molecule has 0 bridgehead atoms. The SMILES string of the molecule is O=C(C1CCCC1)N(Cc1cccn1Cc1cccc(F)c1)C1CCCCC1. The molecular formula is C24H31FN2O. The van der Waals surface area contributed by atoms with Crippen molar-refractivity contribution < 1.29 is 9.18 Å². The molecule has 0 spiro atoms. The van der Waals surface area contributed by atoms with E-state index in [0.717, 1.165) is 36.9 Å². The average Bonchev–Trinajstić information content (AvgIpc) is 3.39. The van der Waals surface area contributed by atoms with E-state index in [9.17, 15) is 9.18 Å². The third-order valence-corrected chi connectivity index (χ3v) is 6.50. The molecular weight excluding hydrogens is 351 g/mol. The molecule has 4 heteroatoms. The van der Waals surface area contributed by atoms with Gasteiger partial charge in [0, 0.05) is 30.4 Å². The van der Waals surface area contributed by atoms with E-state index >= 15 is 0 Å². The topological polar surface area (TPSA) is 25.2 Å². The highest BCUT2D eigenvalue weighted by atomic mass is 19.1. The average molecular weight is 383 g/mol. The monoisotopic (exact) mass is 382 g/mol. The van der Waals surface area contributed by atoms with Gasteiger partial charge in [-0.25, -0.2) is 4.39 Å². The minimum atomic E-state index is -0.202. The number of amides is 1. The van der Waals surface area contributed by atoms with Crippen molar-refractivity contribution in [3.63, 3.8) is 0 Å². The Hall–Kier alpha value is -2.10. The highest BCUT2D eigenvalue weighted by Crippen LogP contribution is 2.31. The van der Waals surface area contributed by atoms with Crippen LogP contribution in [0.5, 0.6) is 0 Å². The first kappa shape index (κ1) is 19.2. The summed E-state index contributed by atoms with van der Waals surface area (Å²) in [6, 6.07) is 11.3. The van der Waals surface area contributed by atoms with E-state index in [1.807, 2.05) is 18.3 Å². The van der Waals surface area contributed by atoms with Crippen molar-refractivity contribution in [3.8, 4) is 0 Å². The molecule has 1 aromatic carbocycles. The summed E-state index contributed by atoms with van der Waals surface area (Å²) in [6.45, 7) is 1.30. The molecule has 1 amide bonds. The Morgan fingerprint density at radius 2 is 1.75 bits per heavy atom. The van der Waals surface area contributed by atoms with Gasteiger partial charge < -0.3 is 9.47 Å². The van der Waals surface area contributed by atoms with E-state index in [1.54, 1.807) is 12.1 Å². The summed E-state index contributed by atoms with van der Waals surface area (Å²) in [4.78, 5) is 15.5. The zero-order chi connectivity index (χ0) is 19.3.